The summed E-state index contributed by atoms with van der Waals surface area (Å²) in [7, 11) is 1.79. The number of aliphatic hydroxyl groups is 1. The molecule has 0 unspecified atom stereocenters. The molecule has 3 atom stereocenters. The SMILES string of the molecule is COC1=CCC2=C(C1)[C@@]1(C)CCC[C@](C)(CO)[C@@H]1CC2. The molecule has 0 amide bonds. The minimum atomic E-state index is 0.111. The quantitative estimate of drug-likeness (QED) is 0.766. The van der Waals surface area contributed by atoms with E-state index in [9.17, 15) is 5.11 Å². The van der Waals surface area contributed by atoms with E-state index in [1.807, 2.05) is 0 Å². The van der Waals surface area contributed by atoms with E-state index < -0.39 is 0 Å². The Morgan fingerprint density at radius 1 is 1.35 bits per heavy atom. The van der Waals surface area contributed by atoms with Gasteiger partial charge in [0.25, 0.3) is 0 Å². The fourth-order valence-corrected chi connectivity index (χ4v) is 5.26. The minimum absolute atomic E-state index is 0.111. The summed E-state index contributed by atoms with van der Waals surface area (Å²) >= 11 is 0. The minimum Gasteiger partial charge on any atom is -0.501 e. The molecule has 0 aliphatic heterocycles. The fraction of sp³-hybridized carbons (Fsp3) is 0.778. The first-order valence-corrected chi connectivity index (χ1v) is 8.09. The van der Waals surface area contributed by atoms with Crippen molar-refractivity contribution < 1.29 is 9.84 Å². The first-order chi connectivity index (χ1) is 9.53. The first-order valence-electron chi connectivity index (χ1n) is 8.09. The van der Waals surface area contributed by atoms with Gasteiger partial charge in [-0.3, -0.25) is 0 Å². The van der Waals surface area contributed by atoms with Crippen LogP contribution in [0.5, 0.6) is 0 Å². The molecule has 3 aliphatic rings. The monoisotopic (exact) mass is 276 g/mol. The number of hydrogen-bond donors (Lipinski definition) is 1. The van der Waals surface area contributed by atoms with Crippen LogP contribution in [-0.2, 0) is 4.74 Å². The maximum absolute atomic E-state index is 9.95. The lowest BCUT2D eigenvalue weighted by Gasteiger charge is -2.56. The van der Waals surface area contributed by atoms with Gasteiger partial charge in [-0.25, -0.2) is 0 Å². The van der Waals surface area contributed by atoms with Crippen LogP contribution in [0.4, 0.5) is 0 Å². The second-order valence-electron chi connectivity index (χ2n) is 7.51. The maximum Gasteiger partial charge on any atom is 0.0959 e. The van der Waals surface area contributed by atoms with Crippen molar-refractivity contribution in [2.45, 2.75) is 58.8 Å². The van der Waals surface area contributed by atoms with Crippen molar-refractivity contribution >= 4 is 0 Å². The summed E-state index contributed by atoms with van der Waals surface area (Å²) in [6.07, 6.45) is 10.5. The van der Waals surface area contributed by atoms with Gasteiger partial charge in [-0.15, -0.1) is 0 Å². The highest BCUT2D eigenvalue weighted by atomic mass is 16.5. The summed E-state index contributed by atoms with van der Waals surface area (Å²) in [5.74, 6) is 1.77. The van der Waals surface area contributed by atoms with Crippen LogP contribution in [0.15, 0.2) is 23.0 Å². The lowest BCUT2D eigenvalue weighted by Crippen LogP contribution is -2.48. The molecule has 2 nitrogen and oxygen atoms in total. The predicted octanol–water partition coefficient (Wildman–Crippen LogP) is 4.21. The number of aliphatic hydroxyl groups excluding tert-OH is 1. The molecule has 0 aromatic rings. The van der Waals surface area contributed by atoms with Crippen LogP contribution in [0.2, 0.25) is 0 Å². The maximum atomic E-state index is 9.95. The van der Waals surface area contributed by atoms with Gasteiger partial charge in [0.1, 0.15) is 0 Å². The van der Waals surface area contributed by atoms with Crippen molar-refractivity contribution in [3.8, 4) is 0 Å². The smallest absolute Gasteiger partial charge is 0.0959 e. The van der Waals surface area contributed by atoms with Gasteiger partial charge >= 0.3 is 0 Å². The Balaban J connectivity index is 1.97. The van der Waals surface area contributed by atoms with Crippen molar-refractivity contribution in [3.05, 3.63) is 23.0 Å². The fourth-order valence-electron chi connectivity index (χ4n) is 5.26. The van der Waals surface area contributed by atoms with Gasteiger partial charge < -0.3 is 9.84 Å². The summed E-state index contributed by atoms with van der Waals surface area (Å²) in [4.78, 5) is 0. The van der Waals surface area contributed by atoms with Crippen molar-refractivity contribution in [1.82, 2.24) is 0 Å². The van der Waals surface area contributed by atoms with Crippen molar-refractivity contribution in [2.75, 3.05) is 13.7 Å². The molecule has 112 valence electrons. The molecule has 0 bridgehead atoms. The van der Waals surface area contributed by atoms with Crippen LogP contribution >= 0.6 is 0 Å². The number of fused-ring (bicyclic) bond motifs is 2. The zero-order chi connectivity index (χ0) is 14.4. The Hall–Kier alpha value is -0.760. The van der Waals surface area contributed by atoms with E-state index in [1.54, 1.807) is 18.3 Å². The number of hydrogen-bond acceptors (Lipinski definition) is 2. The Morgan fingerprint density at radius 2 is 2.15 bits per heavy atom. The Kier molecular flexibility index (Phi) is 3.48. The number of ether oxygens (including phenoxy) is 1. The molecule has 3 aliphatic carbocycles. The molecule has 0 saturated heterocycles. The van der Waals surface area contributed by atoms with Gasteiger partial charge in [-0.2, -0.15) is 0 Å². The van der Waals surface area contributed by atoms with Crippen LogP contribution in [0.1, 0.15) is 58.8 Å². The second-order valence-corrected chi connectivity index (χ2v) is 7.51. The van der Waals surface area contributed by atoms with Crippen molar-refractivity contribution in [1.29, 1.82) is 0 Å². The molecule has 1 fully saturated rings. The largest absolute Gasteiger partial charge is 0.501 e. The third kappa shape index (κ3) is 1.95. The summed E-state index contributed by atoms with van der Waals surface area (Å²) in [5.41, 5.74) is 3.69. The second kappa shape index (κ2) is 4.91. The highest BCUT2D eigenvalue weighted by molar-refractivity contribution is 5.35. The van der Waals surface area contributed by atoms with Crippen molar-refractivity contribution in [3.63, 3.8) is 0 Å². The molecule has 1 N–H and O–H groups in total. The van der Waals surface area contributed by atoms with Crippen LogP contribution in [-0.4, -0.2) is 18.8 Å². The van der Waals surface area contributed by atoms with Crippen LogP contribution in [0.25, 0.3) is 0 Å². The van der Waals surface area contributed by atoms with Crippen LogP contribution in [0, 0.1) is 16.7 Å². The summed E-state index contributed by atoms with van der Waals surface area (Å²) in [5, 5.41) is 9.95. The Bertz CT molecular complexity index is 462. The normalized spacial score (nSPS) is 40.8. The average Bonchev–Trinajstić information content (AvgIpc) is 2.46. The Labute approximate surface area is 122 Å². The van der Waals surface area contributed by atoms with E-state index in [0.29, 0.717) is 12.5 Å². The van der Waals surface area contributed by atoms with E-state index in [4.69, 9.17) is 4.74 Å². The van der Waals surface area contributed by atoms with Gasteiger partial charge in [0, 0.05) is 13.0 Å². The highest BCUT2D eigenvalue weighted by Crippen LogP contribution is 2.61. The molecule has 1 saturated carbocycles. The predicted molar refractivity (Wildman–Crippen MR) is 81.2 cm³/mol. The number of rotatable bonds is 2. The number of allylic oxidation sites excluding steroid dienone is 3. The lowest BCUT2D eigenvalue weighted by molar-refractivity contribution is -0.0395. The molecule has 0 radical (unpaired) electrons. The molecular formula is C18H28O2. The molecule has 0 aromatic carbocycles. The van der Waals surface area contributed by atoms with E-state index >= 15 is 0 Å². The molecule has 0 spiro atoms. The number of methoxy groups -OCH3 is 1. The zero-order valence-electron chi connectivity index (χ0n) is 13.2. The van der Waals surface area contributed by atoms with Gasteiger partial charge in [0.2, 0.25) is 0 Å². The van der Waals surface area contributed by atoms with Crippen LogP contribution < -0.4 is 0 Å². The molecular weight excluding hydrogens is 248 g/mol. The third-order valence-corrected chi connectivity index (χ3v) is 6.46. The van der Waals surface area contributed by atoms with E-state index in [1.165, 1.54) is 32.1 Å². The van der Waals surface area contributed by atoms with Gasteiger partial charge in [0.05, 0.1) is 12.9 Å². The van der Waals surface area contributed by atoms with Crippen molar-refractivity contribution in [2.24, 2.45) is 16.7 Å². The molecule has 2 heteroatoms. The highest BCUT2D eigenvalue weighted by Gasteiger charge is 2.52. The topological polar surface area (TPSA) is 29.5 Å². The van der Waals surface area contributed by atoms with E-state index in [2.05, 4.69) is 19.9 Å². The molecule has 3 rings (SSSR count). The first kappa shape index (κ1) is 14.2. The molecule has 0 aromatic heterocycles. The van der Waals surface area contributed by atoms with Gasteiger partial charge in [-0.05, 0) is 54.9 Å². The summed E-state index contributed by atoms with van der Waals surface area (Å²) in [6, 6.07) is 0. The molecule has 0 heterocycles. The zero-order valence-corrected chi connectivity index (χ0v) is 13.2. The lowest BCUT2D eigenvalue weighted by atomic mass is 9.49. The standard InChI is InChI=1S/C18H28O2/c1-17(12-19)9-4-10-18(2)15-11-14(20-3)7-5-13(15)6-8-16(17)18/h7,16,19H,4-6,8-12H2,1-3H3/t16-,17+,18+/m0/s1. The third-order valence-electron chi connectivity index (χ3n) is 6.46. The van der Waals surface area contributed by atoms with E-state index in [-0.39, 0.29) is 10.8 Å². The summed E-state index contributed by atoms with van der Waals surface area (Å²) < 4.78 is 5.52. The van der Waals surface area contributed by atoms with Gasteiger partial charge in [-0.1, -0.05) is 31.4 Å². The van der Waals surface area contributed by atoms with Gasteiger partial charge in [0.15, 0.2) is 0 Å². The van der Waals surface area contributed by atoms with Crippen LogP contribution in [0.3, 0.4) is 0 Å². The van der Waals surface area contributed by atoms with E-state index in [0.717, 1.165) is 18.6 Å². The summed E-state index contributed by atoms with van der Waals surface area (Å²) in [6.45, 7) is 5.09. The average molecular weight is 276 g/mol. The molecule has 20 heavy (non-hydrogen) atoms. The Morgan fingerprint density at radius 3 is 2.85 bits per heavy atom.